The normalized spacial score (nSPS) is 17.2. The predicted octanol–water partition coefficient (Wildman–Crippen LogP) is 3.08. The van der Waals surface area contributed by atoms with Crippen molar-refractivity contribution in [2.45, 2.75) is 18.9 Å². The van der Waals surface area contributed by atoms with Crippen molar-refractivity contribution < 1.29 is 13.9 Å². The molecule has 0 aliphatic carbocycles. The van der Waals surface area contributed by atoms with E-state index in [9.17, 15) is 9.18 Å². The van der Waals surface area contributed by atoms with Crippen LogP contribution in [0.3, 0.4) is 0 Å². The molecule has 2 heterocycles. The number of benzene rings is 1. The molecule has 1 amide bonds. The van der Waals surface area contributed by atoms with Gasteiger partial charge in [0, 0.05) is 12.3 Å². The van der Waals surface area contributed by atoms with Crippen molar-refractivity contribution in [3.63, 3.8) is 0 Å². The quantitative estimate of drug-likeness (QED) is 0.911. The molecule has 5 nitrogen and oxygen atoms in total. The Morgan fingerprint density at radius 3 is 2.59 bits per heavy atom. The van der Waals surface area contributed by atoms with E-state index in [4.69, 9.17) is 4.74 Å². The van der Waals surface area contributed by atoms with Gasteiger partial charge in [0.05, 0.1) is 11.9 Å². The third-order valence-corrected chi connectivity index (χ3v) is 3.37. The molecule has 3 rings (SSSR count). The van der Waals surface area contributed by atoms with Crippen LogP contribution in [0.5, 0.6) is 0 Å². The van der Waals surface area contributed by atoms with Gasteiger partial charge in [-0.25, -0.2) is 9.37 Å². The molecule has 22 heavy (non-hydrogen) atoms. The highest BCUT2D eigenvalue weighted by molar-refractivity contribution is 5.94. The van der Waals surface area contributed by atoms with Crippen LogP contribution < -0.4 is 10.6 Å². The smallest absolute Gasteiger partial charge is 0.253 e. The van der Waals surface area contributed by atoms with Gasteiger partial charge in [-0.2, -0.15) is 0 Å². The predicted molar refractivity (Wildman–Crippen MR) is 81.5 cm³/mol. The van der Waals surface area contributed by atoms with Crippen molar-refractivity contribution in [2.75, 3.05) is 17.2 Å². The lowest BCUT2D eigenvalue weighted by Gasteiger charge is -2.11. The minimum absolute atomic E-state index is 0.140. The Morgan fingerprint density at radius 2 is 1.95 bits per heavy atom. The Kier molecular flexibility index (Phi) is 4.29. The van der Waals surface area contributed by atoms with Crippen molar-refractivity contribution in [1.29, 1.82) is 0 Å². The van der Waals surface area contributed by atoms with E-state index in [0.717, 1.165) is 18.5 Å². The average molecular weight is 301 g/mol. The first-order chi connectivity index (χ1) is 10.7. The summed E-state index contributed by atoms with van der Waals surface area (Å²) >= 11 is 0. The third-order valence-electron chi connectivity index (χ3n) is 3.37. The van der Waals surface area contributed by atoms with Crippen LogP contribution in [0.15, 0.2) is 42.6 Å². The number of ether oxygens (including phenoxy) is 1. The lowest BCUT2D eigenvalue weighted by Crippen LogP contribution is -2.26. The summed E-state index contributed by atoms with van der Waals surface area (Å²) in [6.45, 7) is 0.636. The first kappa shape index (κ1) is 14.5. The number of nitrogens with one attached hydrogen (secondary N) is 2. The lowest BCUT2D eigenvalue weighted by atomic mass is 10.2. The molecule has 1 aromatic heterocycles. The van der Waals surface area contributed by atoms with Gasteiger partial charge in [-0.1, -0.05) is 0 Å². The number of anilines is 3. The molecule has 114 valence electrons. The standard InChI is InChI=1S/C16H16FN3O2/c17-11-3-5-12(6-4-11)19-15-8-7-13(10-18-15)20-16(21)14-2-1-9-22-14/h3-8,10,14H,1-2,9H2,(H,18,19)(H,20,21). The summed E-state index contributed by atoms with van der Waals surface area (Å²) in [5.41, 5.74) is 1.36. The van der Waals surface area contributed by atoms with E-state index in [1.54, 1.807) is 30.5 Å². The van der Waals surface area contributed by atoms with Gasteiger partial charge in [0.1, 0.15) is 17.7 Å². The van der Waals surface area contributed by atoms with Gasteiger partial charge >= 0.3 is 0 Å². The van der Waals surface area contributed by atoms with E-state index in [1.807, 2.05) is 0 Å². The number of rotatable bonds is 4. The number of carbonyl (C=O) groups is 1. The van der Waals surface area contributed by atoms with Crippen LogP contribution >= 0.6 is 0 Å². The summed E-state index contributed by atoms with van der Waals surface area (Å²) in [7, 11) is 0. The molecule has 0 spiro atoms. The van der Waals surface area contributed by atoms with E-state index in [-0.39, 0.29) is 17.8 Å². The summed E-state index contributed by atoms with van der Waals surface area (Å²) in [4.78, 5) is 16.1. The molecule has 1 saturated heterocycles. The fraction of sp³-hybridized carbons (Fsp3) is 0.250. The number of carbonyl (C=O) groups excluding carboxylic acids is 1. The Morgan fingerprint density at radius 1 is 1.18 bits per heavy atom. The minimum atomic E-state index is -0.364. The lowest BCUT2D eigenvalue weighted by molar-refractivity contribution is -0.124. The fourth-order valence-electron chi connectivity index (χ4n) is 2.23. The van der Waals surface area contributed by atoms with Gasteiger partial charge < -0.3 is 15.4 Å². The second-order valence-electron chi connectivity index (χ2n) is 5.05. The summed E-state index contributed by atoms with van der Waals surface area (Å²) in [5, 5.41) is 5.83. The zero-order valence-corrected chi connectivity index (χ0v) is 11.9. The number of halogens is 1. The zero-order valence-electron chi connectivity index (χ0n) is 11.9. The molecule has 1 unspecified atom stereocenters. The number of nitrogens with zero attached hydrogens (tertiary/aromatic N) is 1. The van der Waals surface area contributed by atoms with Gasteiger partial charge in [-0.15, -0.1) is 0 Å². The maximum Gasteiger partial charge on any atom is 0.253 e. The molecule has 1 aromatic carbocycles. The summed E-state index contributed by atoms with van der Waals surface area (Å²) in [5.74, 6) is 0.186. The summed E-state index contributed by atoms with van der Waals surface area (Å²) in [6, 6.07) is 9.51. The Hall–Kier alpha value is -2.47. The molecule has 1 aliphatic rings. The number of pyridine rings is 1. The molecule has 0 radical (unpaired) electrons. The highest BCUT2D eigenvalue weighted by Gasteiger charge is 2.23. The van der Waals surface area contributed by atoms with Crippen molar-refractivity contribution in [2.24, 2.45) is 0 Å². The largest absolute Gasteiger partial charge is 0.368 e. The Balaban J connectivity index is 1.60. The topological polar surface area (TPSA) is 63.2 Å². The van der Waals surface area contributed by atoms with Crippen LogP contribution in [0, 0.1) is 5.82 Å². The SMILES string of the molecule is O=C(Nc1ccc(Nc2ccc(F)cc2)nc1)C1CCCO1. The molecule has 0 saturated carbocycles. The zero-order chi connectivity index (χ0) is 15.4. The van der Waals surface area contributed by atoms with Gasteiger partial charge in [0.15, 0.2) is 0 Å². The molecule has 1 fully saturated rings. The molecule has 0 bridgehead atoms. The van der Waals surface area contributed by atoms with Gasteiger partial charge in [0.2, 0.25) is 0 Å². The van der Waals surface area contributed by atoms with Crippen LogP contribution in [0.2, 0.25) is 0 Å². The Bertz CT molecular complexity index is 637. The molecule has 1 aliphatic heterocycles. The van der Waals surface area contributed by atoms with Crippen LogP contribution in [0.1, 0.15) is 12.8 Å². The maximum atomic E-state index is 12.8. The molecule has 2 aromatic rings. The number of hydrogen-bond donors (Lipinski definition) is 2. The van der Waals surface area contributed by atoms with Crippen molar-refractivity contribution in [3.8, 4) is 0 Å². The van der Waals surface area contributed by atoms with Gasteiger partial charge in [-0.3, -0.25) is 4.79 Å². The fourth-order valence-corrected chi connectivity index (χ4v) is 2.23. The van der Waals surface area contributed by atoms with E-state index in [2.05, 4.69) is 15.6 Å². The molecular formula is C16H16FN3O2. The number of aromatic nitrogens is 1. The first-order valence-corrected chi connectivity index (χ1v) is 7.12. The molecule has 1 atom stereocenters. The van der Waals surface area contributed by atoms with E-state index in [1.165, 1.54) is 12.1 Å². The maximum absolute atomic E-state index is 12.8. The number of hydrogen-bond acceptors (Lipinski definition) is 4. The minimum Gasteiger partial charge on any atom is -0.368 e. The van der Waals surface area contributed by atoms with E-state index in [0.29, 0.717) is 18.1 Å². The van der Waals surface area contributed by atoms with Crippen molar-refractivity contribution in [3.05, 3.63) is 48.4 Å². The van der Waals surface area contributed by atoms with Crippen LogP contribution in [0.25, 0.3) is 0 Å². The van der Waals surface area contributed by atoms with Gasteiger partial charge in [-0.05, 0) is 49.2 Å². The molecule has 6 heteroatoms. The third kappa shape index (κ3) is 3.59. The monoisotopic (exact) mass is 301 g/mol. The number of amides is 1. The first-order valence-electron chi connectivity index (χ1n) is 7.12. The highest BCUT2D eigenvalue weighted by atomic mass is 19.1. The molecular weight excluding hydrogens is 285 g/mol. The second-order valence-corrected chi connectivity index (χ2v) is 5.05. The van der Waals surface area contributed by atoms with Crippen LogP contribution in [-0.2, 0) is 9.53 Å². The Labute approximate surface area is 127 Å². The van der Waals surface area contributed by atoms with Gasteiger partial charge in [0.25, 0.3) is 5.91 Å². The van der Waals surface area contributed by atoms with E-state index < -0.39 is 0 Å². The van der Waals surface area contributed by atoms with Crippen LogP contribution in [0.4, 0.5) is 21.6 Å². The summed E-state index contributed by atoms with van der Waals surface area (Å²) in [6.07, 6.45) is 2.87. The average Bonchev–Trinajstić information content (AvgIpc) is 3.06. The van der Waals surface area contributed by atoms with E-state index >= 15 is 0 Å². The summed E-state index contributed by atoms with van der Waals surface area (Å²) < 4.78 is 18.2. The second kappa shape index (κ2) is 6.53. The highest BCUT2D eigenvalue weighted by Crippen LogP contribution is 2.18. The molecule has 2 N–H and O–H groups in total. The van der Waals surface area contributed by atoms with Crippen molar-refractivity contribution in [1.82, 2.24) is 4.98 Å². The van der Waals surface area contributed by atoms with Crippen molar-refractivity contribution >= 4 is 23.1 Å². The van der Waals surface area contributed by atoms with Crippen LogP contribution in [-0.4, -0.2) is 23.6 Å².